The van der Waals surface area contributed by atoms with E-state index in [0.717, 1.165) is 31.2 Å². The van der Waals surface area contributed by atoms with E-state index in [4.69, 9.17) is 4.74 Å². The number of nitrogens with zero attached hydrogens (tertiary/aromatic N) is 2. The second-order valence-electron chi connectivity index (χ2n) is 5.93. The van der Waals surface area contributed by atoms with Crippen molar-refractivity contribution in [1.82, 2.24) is 9.80 Å². The van der Waals surface area contributed by atoms with Crippen LogP contribution >= 0.6 is 0 Å². The molecule has 0 saturated carbocycles. The number of phenolic OH excluding ortho intramolecular Hbond substituents is 1. The molecular weight excluding hydrogens is 252 g/mol. The monoisotopic (exact) mass is 276 g/mol. The normalized spacial score (nSPS) is 24.4. The van der Waals surface area contributed by atoms with Crippen LogP contribution in [0, 0.1) is 0 Å². The number of rotatable bonds is 4. The van der Waals surface area contributed by atoms with E-state index in [1.165, 1.54) is 32.4 Å². The quantitative estimate of drug-likeness (QED) is 0.913. The van der Waals surface area contributed by atoms with Gasteiger partial charge in [-0.2, -0.15) is 0 Å². The molecule has 20 heavy (non-hydrogen) atoms. The predicted octanol–water partition coefficient (Wildman–Crippen LogP) is 2.07. The third kappa shape index (κ3) is 2.91. The molecule has 2 aliphatic rings. The van der Waals surface area contributed by atoms with Gasteiger partial charge in [-0.25, -0.2) is 0 Å². The molecule has 1 N–H and O–H groups in total. The molecule has 0 aliphatic carbocycles. The van der Waals surface area contributed by atoms with Crippen LogP contribution in [-0.2, 0) is 6.54 Å². The van der Waals surface area contributed by atoms with Crippen molar-refractivity contribution in [2.75, 3.05) is 33.3 Å². The van der Waals surface area contributed by atoms with E-state index in [1.807, 2.05) is 18.2 Å². The van der Waals surface area contributed by atoms with Gasteiger partial charge in [0.15, 0.2) is 11.5 Å². The lowest BCUT2D eigenvalue weighted by Crippen LogP contribution is -2.35. The van der Waals surface area contributed by atoms with E-state index in [2.05, 4.69) is 9.80 Å². The van der Waals surface area contributed by atoms with E-state index in [-0.39, 0.29) is 5.75 Å². The lowest BCUT2D eigenvalue weighted by atomic mass is 10.2. The minimum atomic E-state index is 0.236. The van der Waals surface area contributed by atoms with Crippen LogP contribution in [0.25, 0.3) is 0 Å². The van der Waals surface area contributed by atoms with Gasteiger partial charge in [0, 0.05) is 25.7 Å². The van der Waals surface area contributed by atoms with Crippen molar-refractivity contribution in [2.45, 2.75) is 31.8 Å². The molecule has 0 spiro atoms. The molecule has 1 atom stereocenters. The number of likely N-dealkylation sites (tertiary alicyclic amines) is 2. The van der Waals surface area contributed by atoms with Crippen molar-refractivity contribution in [1.29, 1.82) is 0 Å². The molecule has 4 nitrogen and oxygen atoms in total. The molecule has 4 heteroatoms. The van der Waals surface area contributed by atoms with Crippen molar-refractivity contribution < 1.29 is 9.84 Å². The third-order valence-electron chi connectivity index (χ3n) is 4.55. The maximum absolute atomic E-state index is 9.84. The van der Waals surface area contributed by atoms with Crippen molar-refractivity contribution in [2.24, 2.45) is 0 Å². The largest absolute Gasteiger partial charge is 0.504 e. The number of phenols is 1. The fourth-order valence-electron chi connectivity index (χ4n) is 3.45. The first-order chi connectivity index (χ1) is 9.76. The van der Waals surface area contributed by atoms with Gasteiger partial charge in [0.05, 0.1) is 7.11 Å². The fraction of sp³-hybridized carbons (Fsp3) is 0.625. The highest BCUT2D eigenvalue weighted by Crippen LogP contribution is 2.28. The molecule has 2 fully saturated rings. The standard InChI is InChI=1S/C16H24N2O2/c1-20-16-5-4-13(10-15(16)19)11-17-9-6-14(12-17)18-7-2-3-8-18/h4-5,10,14,19H,2-3,6-9,11-12H2,1H3. The van der Waals surface area contributed by atoms with Crippen LogP contribution in [0.3, 0.4) is 0 Å². The molecule has 1 unspecified atom stereocenters. The summed E-state index contributed by atoms with van der Waals surface area (Å²) >= 11 is 0. The number of aromatic hydroxyl groups is 1. The molecule has 3 rings (SSSR count). The highest BCUT2D eigenvalue weighted by molar-refractivity contribution is 5.41. The number of methoxy groups -OCH3 is 1. The molecule has 2 aliphatic heterocycles. The molecule has 1 aromatic carbocycles. The minimum absolute atomic E-state index is 0.236. The zero-order chi connectivity index (χ0) is 13.9. The smallest absolute Gasteiger partial charge is 0.160 e. The topological polar surface area (TPSA) is 35.9 Å². The summed E-state index contributed by atoms with van der Waals surface area (Å²) < 4.78 is 5.08. The van der Waals surface area contributed by atoms with Crippen molar-refractivity contribution in [3.63, 3.8) is 0 Å². The molecule has 0 aromatic heterocycles. The van der Waals surface area contributed by atoms with Gasteiger partial charge in [0.25, 0.3) is 0 Å². The Kier molecular flexibility index (Phi) is 4.13. The second kappa shape index (κ2) is 6.02. The average molecular weight is 276 g/mol. The molecule has 2 heterocycles. The second-order valence-corrected chi connectivity index (χ2v) is 5.93. The Morgan fingerprint density at radius 1 is 1.25 bits per heavy atom. The van der Waals surface area contributed by atoms with Gasteiger partial charge in [0.1, 0.15) is 0 Å². The van der Waals surface area contributed by atoms with Crippen LogP contribution in [-0.4, -0.2) is 54.2 Å². The number of benzene rings is 1. The summed E-state index contributed by atoms with van der Waals surface area (Å²) in [6.07, 6.45) is 4.01. The molecular formula is C16H24N2O2. The van der Waals surface area contributed by atoms with E-state index < -0.39 is 0 Å². The SMILES string of the molecule is COc1ccc(CN2CCC(N3CCCC3)C2)cc1O. The van der Waals surface area contributed by atoms with Crippen molar-refractivity contribution >= 4 is 0 Å². The van der Waals surface area contributed by atoms with Gasteiger partial charge in [-0.15, -0.1) is 0 Å². The lowest BCUT2D eigenvalue weighted by Gasteiger charge is -2.23. The Balaban J connectivity index is 1.57. The summed E-state index contributed by atoms with van der Waals surface area (Å²) in [5, 5.41) is 9.84. The van der Waals surface area contributed by atoms with Gasteiger partial charge >= 0.3 is 0 Å². The average Bonchev–Trinajstić information content (AvgIpc) is 3.09. The third-order valence-corrected chi connectivity index (χ3v) is 4.55. The zero-order valence-electron chi connectivity index (χ0n) is 12.2. The van der Waals surface area contributed by atoms with E-state index in [0.29, 0.717) is 5.75 Å². The summed E-state index contributed by atoms with van der Waals surface area (Å²) in [6, 6.07) is 6.45. The summed E-state index contributed by atoms with van der Waals surface area (Å²) in [6.45, 7) is 5.80. The zero-order valence-corrected chi connectivity index (χ0v) is 12.2. The number of hydrogen-bond acceptors (Lipinski definition) is 4. The molecule has 0 bridgehead atoms. The van der Waals surface area contributed by atoms with Crippen LogP contribution in [0.1, 0.15) is 24.8 Å². The van der Waals surface area contributed by atoms with Crippen LogP contribution in [0.15, 0.2) is 18.2 Å². The predicted molar refractivity (Wildman–Crippen MR) is 79.1 cm³/mol. The Hall–Kier alpha value is -1.26. The summed E-state index contributed by atoms with van der Waals surface area (Å²) in [4.78, 5) is 5.13. The summed E-state index contributed by atoms with van der Waals surface area (Å²) in [7, 11) is 1.58. The van der Waals surface area contributed by atoms with Crippen LogP contribution in [0.4, 0.5) is 0 Å². The van der Waals surface area contributed by atoms with Crippen LogP contribution in [0.5, 0.6) is 11.5 Å². The van der Waals surface area contributed by atoms with Crippen LogP contribution in [0.2, 0.25) is 0 Å². The van der Waals surface area contributed by atoms with Gasteiger partial charge in [0.2, 0.25) is 0 Å². The summed E-state index contributed by atoms with van der Waals surface area (Å²) in [5.41, 5.74) is 1.16. The maximum atomic E-state index is 9.84. The van der Waals surface area contributed by atoms with Crippen LogP contribution < -0.4 is 4.74 Å². The van der Waals surface area contributed by atoms with Crippen molar-refractivity contribution in [3.8, 4) is 11.5 Å². The van der Waals surface area contributed by atoms with Gasteiger partial charge < -0.3 is 9.84 Å². The number of hydrogen-bond donors (Lipinski definition) is 1. The Labute approximate surface area is 120 Å². The van der Waals surface area contributed by atoms with Gasteiger partial charge in [-0.3, -0.25) is 9.80 Å². The Morgan fingerprint density at radius 3 is 2.75 bits per heavy atom. The van der Waals surface area contributed by atoms with Gasteiger partial charge in [-0.05, 0) is 50.0 Å². The fourth-order valence-corrected chi connectivity index (χ4v) is 3.45. The van der Waals surface area contributed by atoms with E-state index >= 15 is 0 Å². The molecule has 110 valence electrons. The molecule has 2 saturated heterocycles. The lowest BCUT2D eigenvalue weighted by molar-refractivity contribution is 0.230. The Bertz CT molecular complexity index is 458. The highest BCUT2D eigenvalue weighted by atomic mass is 16.5. The first-order valence-corrected chi connectivity index (χ1v) is 7.58. The first-order valence-electron chi connectivity index (χ1n) is 7.58. The van der Waals surface area contributed by atoms with Crippen molar-refractivity contribution in [3.05, 3.63) is 23.8 Å². The van der Waals surface area contributed by atoms with Gasteiger partial charge in [-0.1, -0.05) is 6.07 Å². The first kappa shape index (κ1) is 13.7. The molecule has 0 radical (unpaired) electrons. The Morgan fingerprint density at radius 2 is 2.05 bits per heavy atom. The summed E-state index contributed by atoms with van der Waals surface area (Å²) in [5.74, 6) is 0.783. The maximum Gasteiger partial charge on any atom is 0.160 e. The van der Waals surface area contributed by atoms with E-state index in [1.54, 1.807) is 7.11 Å². The van der Waals surface area contributed by atoms with E-state index in [9.17, 15) is 5.11 Å². The minimum Gasteiger partial charge on any atom is -0.504 e. The highest BCUT2D eigenvalue weighted by Gasteiger charge is 2.29. The number of ether oxygens (including phenoxy) is 1. The molecule has 0 amide bonds. The molecule has 1 aromatic rings.